The first-order valence-electron chi connectivity index (χ1n) is 17.1. The van der Waals surface area contributed by atoms with Gasteiger partial charge >= 0.3 is 0 Å². The summed E-state index contributed by atoms with van der Waals surface area (Å²) in [6.45, 7) is 3.21. The van der Waals surface area contributed by atoms with Crippen LogP contribution in [0.4, 0.5) is 0 Å². The Labute approximate surface area is 293 Å². The van der Waals surface area contributed by atoms with Gasteiger partial charge in [-0.15, -0.1) is 0 Å². The third-order valence-corrected chi connectivity index (χ3v) is 12.3. The number of hydrogen-bond donors (Lipinski definition) is 0. The first-order chi connectivity index (χ1) is 23.2. The number of fused-ring (bicyclic) bond motifs is 10. The summed E-state index contributed by atoms with van der Waals surface area (Å²) in [5.41, 5.74) is 0. The Morgan fingerprint density at radius 2 is 0.820 bits per heavy atom. The molecule has 280 valence electrons. The van der Waals surface area contributed by atoms with Crippen molar-refractivity contribution in [1.82, 2.24) is 9.80 Å². The van der Waals surface area contributed by atoms with Crippen LogP contribution in [-0.2, 0) is 48.9 Å². The molecule has 8 unspecified atom stereocenters. The summed E-state index contributed by atoms with van der Waals surface area (Å²) in [5, 5.41) is 0. The third kappa shape index (κ3) is 8.71. The second-order valence-electron chi connectivity index (χ2n) is 15.4. The summed E-state index contributed by atoms with van der Waals surface area (Å²) in [5.74, 6) is -2.80. The molecule has 4 saturated heterocycles. The molecule has 0 saturated carbocycles. The number of carbonyl (C=O) groups excluding carboxylic acids is 4. The van der Waals surface area contributed by atoms with Crippen LogP contribution in [0.2, 0.25) is 0 Å². The maximum Gasteiger partial charge on any atom is 0.236 e. The van der Waals surface area contributed by atoms with Gasteiger partial charge in [0.15, 0.2) is 0 Å². The maximum absolute atomic E-state index is 12.6. The molecule has 4 fully saturated rings. The van der Waals surface area contributed by atoms with Crippen molar-refractivity contribution in [3.05, 3.63) is 24.3 Å². The maximum atomic E-state index is 12.6. The number of ether oxygens (including phenoxy) is 2. The van der Waals surface area contributed by atoms with Gasteiger partial charge in [-0.05, 0) is 25.7 Å². The third-order valence-electron chi connectivity index (χ3n) is 10.7. The molecule has 4 amide bonds. The smallest absolute Gasteiger partial charge is 0.236 e. The van der Waals surface area contributed by atoms with Gasteiger partial charge < -0.3 is 27.5 Å². The van der Waals surface area contributed by atoms with Crippen LogP contribution in [0.3, 0.4) is 0 Å². The Morgan fingerprint density at radius 1 is 0.540 bits per heavy atom. The highest BCUT2D eigenvalue weighted by Crippen LogP contribution is 2.46. The van der Waals surface area contributed by atoms with Gasteiger partial charge in [0.05, 0.1) is 136 Å². The Balaban J connectivity index is 0.000000194. The van der Waals surface area contributed by atoms with E-state index in [9.17, 15) is 45.1 Å². The molecule has 6 heterocycles. The van der Waals surface area contributed by atoms with E-state index in [1.54, 1.807) is 0 Å². The lowest BCUT2D eigenvalue weighted by Crippen LogP contribution is -2.48. The summed E-state index contributed by atoms with van der Waals surface area (Å²) >= 11 is 0. The minimum atomic E-state index is -4.17. The highest BCUT2D eigenvalue weighted by atomic mass is 32.2. The van der Waals surface area contributed by atoms with Crippen molar-refractivity contribution in [2.75, 3.05) is 79.0 Å². The summed E-state index contributed by atoms with van der Waals surface area (Å²) in [7, 11) is -0.478. The van der Waals surface area contributed by atoms with Crippen molar-refractivity contribution in [2.45, 2.75) is 50.1 Å². The second kappa shape index (κ2) is 14.4. The number of likely N-dealkylation sites (tertiary alicyclic amines) is 2. The average Bonchev–Trinajstić information content (AvgIpc) is 3.85. The fraction of sp³-hybridized carbons (Fsp3) is 0.750. The Morgan fingerprint density at radius 3 is 1.08 bits per heavy atom. The van der Waals surface area contributed by atoms with E-state index >= 15 is 0 Å². The van der Waals surface area contributed by atoms with E-state index in [0.29, 0.717) is 73.9 Å². The fourth-order valence-corrected chi connectivity index (χ4v) is 8.89. The molecule has 50 heavy (non-hydrogen) atoms. The average molecular weight is 745 g/mol. The molecule has 0 spiro atoms. The molecule has 0 N–H and O–H groups in total. The van der Waals surface area contributed by atoms with Gasteiger partial charge in [-0.2, -0.15) is 0 Å². The zero-order chi connectivity index (χ0) is 36.8. The Hall–Kier alpha value is -2.58. The van der Waals surface area contributed by atoms with Gasteiger partial charge in [0.25, 0.3) is 0 Å². The largest absolute Gasteiger partial charge is 0.748 e. The lowest BCUT2D eigenvalue weighted by Gasteiger charge is -2.31. The van der Waals surface area contributed by atoms with E-state index in [2.05, 4.69) is 0 Å². The molecule has 0 aromatic carbocycles. The lowest BCUT2D eigenvalue weighted by molar-refractivity contribution is -0.889. The van der Waals surface area contributed by atoms with Crippen LogP contribution in [0.15, 0.2) is 24.3 Å². The van der Waals surface area contributed by atoms with Crippen LogP contribution in [0.5, 0.6) is 0 Å². The highest BCUT2D eigenvalue weighted by molar-refractivity contribution is 7.85. The quantitative estimate of drug-likeness (QED) is 0.0592. The van der Waals surface area contributed by atoms with Crippen molar-refractivity contribution < 1.29 is 63.6 Å². The standard InChI is InChI=1S/2C16H24N2O6S/c2*1-18(2,8-3-4-10-25(21,22)23)9-7-17-15(19)13-11-5-6-12(24-11)14(13)16(17)20/h2*5-6,11-14H,3-4,7-10H2,1-2H3. The van der Waals surface area contributed by atoms with Crippen LogP contribution >= 0.6 is 0 Å². The summed E-state index contributed by atoms with van der Waals surface area (Å²) < 4.78 is 76.1. The van der Waals surface area contributed by atoms with E-state index in [0.717, 1.165) is 0 Å². The highest BCUT2D eigenvalue weighted by Gasteiger charge is 2.61. The van der Waals surface area contributed by atoms with Gasteiger partial charge in [-0.1, -0.05) is 24.3 Å². The Bertz CT molecular complexity index is 1460. The minimum absolute atomic E-state index is 0.149. The van der Waals surface area contributed by atoms with E-state index in [1.807, 2.05) is 52.5 Å². The van der Waals surface area contributed by atoms with E-state index in [4.69, 9.17) is 9.47 Å². The number of likely N-dealkylation sites (N-methyl/N-ethyl adjacent to an activating group) is 2. The molecule has 0 aromatic heterocycles. The topological polar surface area (TPSA) is 208 Å². The van der Waals surface area contributed by atoms with Crippen LogP contribution in [0.25, 0.3) is 0 Å². The summed E-state index contributed by atoms with van der Waals surface area (Å²) in [6.07, 6.45) is 8.23. The van der Waals surface area contributed by atoms with Crippen molar-refractivity contribution in [1.29, 1.82) is 0 Å². The van der Waals surface area contributed by atoms with Gasteiger partial charge in [-0.3, -0.25) is 29.0 Å². The van der Waals surface area contributed by atoms with Crippen LogP contribution in [0.1, 0.15) is 25.7 Å². The number of unbranched alkanes of at least 4 members (excludes halogenated alkanes) is 2. The SMILES string of the molecule is C[N+](C)(CCCCS(=O)(=O)[O-])CCN1C(=O)C2C3C=CC(O3)C2C1=O.C[N+](C)(CCCCS(=O)(=O)[O-])CCN1C(=O)C2C3C=CC(O3)C2C1=O. The fourth-order valence-electron chi connectivity index (χ4n) is 7.77. The summed E-state index contributed by atoms with van der Waals surface area (Å²) in [4.78, 5) is 52.9. The van der Waals surface area contributed by atoms with Crippen molar-refractivity contribution >= 4 is 43.9 Å². The molecule has 16 nitrogen and oxygen atoms in total. The lowest BCUT2D eigenvalue weighted by atomic mass is 9.85. The molecule has 18 heteroatoms. The predicted octanol–water partition coefficient (Wildman–Crippen LogP) is -1.35. The summed E-state index contributed by atoms with van der Waals surface area (Å²) in [6, 6.07) is 0. The molecule has 0 aromatic rings. The van der Waals surface area contributed by atoms with E-state index in [1.165, 1.54) is 9.80 Å². The monoisotopic (exact) mass is 744 g/mol. The first-order valence-corrected chi connectivity index (χ1v) is 20.2. The van der Waals surface area contributed by atoms with Gasteiger partial charge in [0.1, 0.15) is 0 Å². The number of nitrogens with zero attached hydrogens (tertiary/aromatic N) is 4. The van der Waals surface area contributed by atoms with Gasteiger partial charge in [0, 0.05) is 11.5 Å². The molecular weight excluding hydrogens is 697 g/mol. The Kier molecular flexibility index (Phi) is 11.2. The predicted molar refractivity (Wildman–Crippen MR) is 174 cm³/mol. The van der Waals surface area contributed by atoms with Crippen molar-refractivity contribution in [2.24, 2.45) is 23.7 Å². The molecule has 0 aliphatic carbocycles. The molecule has 6 aliphatic rings. The van der Waals surface area contributed by atoms with Gasteiger partial charge in [0.2, 0.25) is 23.6 Å². The number of hydrogen-bond acceptors (Lipinski definition) is 12. The molecule has 6 aliphatic heterocycles. The number of amides is 4. The van der Waals surface area contributed by atoms with Crippen LogP contribution in [0, 0.1) is 23.7 Å². The molecule has 0 radical (unpaired) electrons. The molecule has 4 bridgehead atoms. The van der Waals surface area contributed by atoms with E-state index < -0.39 is 20.2 Å². The van der Waals surface area contributed by atoms with Crippen molar-refractivity contribution in [3.8, 4) is 0 Å². The molecule has 8 atom stereocenters. The number of carbonyl (C=O) groups is 4. The number of rotatable bonds is 16. The number of quaternary nitrogens is 2. The molecule has 6 rings (SSSR count). The first kappa shape index (κ1) is 38.6. The second-order valence-corrected chi connectivity index (χ2v) is 18.4. The van der Waals surface area contributed by atoms with Gasteiger partial charge in [-0.25, -0.2) is 16.8 Å². The molecular formula is C32H48N4O12S2. The van der Waals surface area contributed by atoms with Crippen molar-refractivity contribution in [3.63, 3.8) is 0 Å². The van der Waals surface area contributed by atoms with Crippen LogP contribution < -0.4 is 0 Å². The van der Waals surface area contributed by atoms with E-state index in [-0.39, 0.29) is 83.2 Å². The minimum Gasteiger partial charge on any atom is -0.748 e. The normalized spacial score (nSPS) is 31.2. The zero-order valence-corrected chi connectivity index (χ0v) is 30.6. The number of imide groups is 2. The van der Waals surface area contributed by atoms with Crippen LogP contribution in [-0.4, -0.2) is 172 Å². The zero-order valence-electron chi connectivity index (χ0n) is 28.9.